The first-order valence-electron chi connectivity index (χ1n) is 4.88. The highest BCUT2D eigenvalue weighted by molar-refractivity contribution is 5.63. The predicted octanol–water partition coefficient (Wildman–Crippen LogP) is 0.767. The first-order chi connectivity index (χ1) is 7.69. The van der Waals surface area contributed by atoms with Crippen LogP contribution >= 0.6 is 0 Å². The molecular formula is C11H13N5. The first-order valence-corrected chi connectivity index (χ1v) is 4.88. The molecule has 0 spiro atoms. The lowest BCUT2D eigenvalue weighted by molar-refractivity contribution is 1.07. The second kappa shape index (κ2) is 4.16. The lowest BCUT2D eigenvalue weighted by atomic mass is 10.1. The minimum absolute atomic E-state index is 0.174. The molecule has 0 bridgehead atoms. The van der Waals surface area contributed by atoms with Crippen molar-refractivity contribution in [3.8, 4) is 11.3 Å². The molecule has 6 N–H and O–H groups in total. The molecule has 0 fully saturated rings. The van der Waals surface area contributed by atoms with E-state index in [1.165, 1.54) is 0 Å². The maximum absolute atomic E-state index is 5.61. The van der Waals surface area contributed by atoms with Crippen LogP contribution in [0.1, 0.15) is 5.56 Å². The Labute approximate surface area is 93.3 Å². The van der Waals surface area contributed by atoms with E-state index in [0.29, 0.717) is 18.1 Å². The fraction of sp³-hybridized carbons (Fsp3) is 0.0909. The molecule has 0 aliphatic rings. The molecule has 0 aliphatic heterocycles. The van der Waals surface area contributed by atoms with Gasteiger partial charge >= 0.3 is 0 Å². The molecular weight excluding hydrogens is 202 g/mol. The molecule has 0 atom stereocenters. The SMILES string of the molecule is NCc1cccc(-c2cc(N)nc(N)n2)c1. The summed E-state index contributed by atoms with van der Waals surface area (Å²) in [6.07, 6.45) is 0. The van der Waals surface area contributed by atoms with Gasteiger partial charge in [-0.2, -0.15) is 4.98 Å². The van der Waals surface area contributed by atoms with Gasteiger partial charge < -0.3 is 17.2 Å². The van der Waals surface area contributed by atoms with Gasteiger partial charge in [-0.05, 0) is 11.6 Å². The van der Waals surface area contributed by atoms with E-state index in [9.17, 15) is 0 Å². The van der Waals surface area contributed by atoms with Gasteiger partial charge in [0.2, 0.25) is 5.95 Å². The van der Waals surface area contributed by atoms with Crippen LogP contribution in [0, 0.1) is 0 Å². The fourth-order valence-corrected chi connectivity index (χ4v) is 1.49. The van der Waals surface area contributed by atoms with Gasteiger partial charge in [-0.25, -0.2) is 4.98 Å². The highest BCUT2D eigenvalue weighted by Gasteiger charge is 2.03. The van der Waals surface area contributed by atoms with Crippen LogP contribution in [-0.2, 0) is 6.54 Å². The quantitative estimate of drug-likeness (QED) is 0.686. The molecule has 0 unspecified atom stereocenters. The molecule has 82 valence electrons. The summed E-state index contributed by atoms with van der Waals surface area (Å²) in [6.45, 7) is 0.490. The molecule has 2 rings (SSSR count). The van der Waals surface area contributed by atoms with Crippen molar-refractivity contribution in [3.05, 3.63) is 35.9 Å². The van der Waals surface area contributed by atoms with E-state index >= 15 is 0 Å². The summed E-state index contributed by atoms with van der Waals surface area (Å²) in [4.78, 5) is 7.95. The molecule has 0 aliphatic carbocycles. The second-order valence-corrected chi connectivity index (χ2v) is 3.44. The maximum Gasteiger partial charge on any atom is 0.222 e. The molecule has 0 amide bonds. The number of hydrogen-bond donors (Lipinski definition) is 3. The Morgan fingerprint density at radius 1 is 1.06 bits per heavy atom. The molecule has 0 radical (unpaired) electrons. The second-order valence-electron chi connectivity index (χ2n) is 3.44. The summed E-state index contributed by atoms with van der Waals surface area (Å²) in [7, 11) is 0. The number of benzene rings is 1. The summed E-state index contributed by atoms with van der Waals surface area (Å²) in [5.74, 6) is 0.536. The maximum atomic E-state index is 5.61. The van der Waals surface area contributed by atoms with Gasteiger partial charge in [0.15, 0.2) is 0 Å². The van der Waals surface area contributed by atoms with Crippen molar-refractivity contribution in [3.63, 3.8) is 0 Å². The van der Waals surface area contributed by atoms with Crippen molar-refractivity contribution >= 4 is 11.8 Å². The average molecular weight is 215 g/mol. The largest absolute Gasteiger partial charge is 0.384 e. The lowest BCUT2D eigenvalue weighted by Crippen LogP contribution is -2.01. The van der Waals surface area contributed by atoms with Crippen molar-refractivity contribution in [2.24, 2.45) is 5.73 Å². The van der Waals surface area contributed by atoms with Gasteiger partial charge in [0, 0.05) is 18.2 Å². The van der Waals surface area contributed by atoms with Crippen LogP contribution in [0.3, 0.4) is 0 Å². The van der Waals surface area contributed by atoms with Crippen LogP contribution in [0.5, 0.6) is 0 Å². The molecule has 5 nitrogen and oxygen atoms in total. The molecule has 1 aromatic heterocycles. The minimum atomic E-state index is 0.174. The lowest BCUT2D eigenvalue weighted by Gasteiger charge is -2.04. The number of nitrogens with zero attached hydrogens (tertiary/aromatic N) is 2. The summed E-state index contributed by atoms with van der Waals surface area (Å²) < 4.78 is 0. The Kier molecular flexibility index (Phi) is 2.70. The van der Waals surface area contributed by atoms with Crippen molar-refractivity contribution in [1.82, 2.24) is 9.97 Å². The highest BCUT2D eigenvalue weighted by Crippen LogP contribution is 2.20. The topological polar surface area (TPSA) is 104 Å². The van der Waals surface area contributed by atoms with Gasteiger partial charge in [0.1, 0.15) is 5.82 Å². The van der Waals surface area contributed by atoms with Crippen LogP contribution in [0.2, 0.25) is 0 Å². The highest BCUT2D eigenvalue weighted by atomic mass is 15.0. The molecule has 16 heavy (non-hydrogen) atoms. The van der Waals surface area contributed by atoms with E-state index < -0.39 is 0 Å². The smallest absolute Gasteiger partial charge is 0.222 e. The Balaban J connectivity index is 2.49. The minimum Gasteiger partial charge on any atom is -0.384 e. The van der Waals surface area contributed by atoms with Gasteiger partial charge in [-0.15, -0.1) is 0 Å². The van der Waals surface area contributed by atoms with Crippen molar-refractivity contribution < 1.29 is 0 Å². The normalized spacial score (nSPS) is 10.3. The van der Waals surface area contributed by atoms with Gasteiger partial charge in [-0.3, -0.25) is 0 Å². The fourth-order valence-electron chi connectivity index (χ4n) is 1.49. The number of aromatic nitrogens is 2. The number of anilines is 2. The van der Waals surface area contributed by atoms with Crippen molar-refractivity contribution in [1.29, 1.82) is 0 Å². The van der Waals surface area contributed by atoms with E-state index in [0.717, 1.165) is 11.1 Å². The summed E-state index contributed by atoms with van der Waals surface area (Å²) in [6, 6.07) is 9.46. The van der Waals surface area contributed by atoms with Crippen LogP contribution in [0.4, 0.5) is 11.8 Å². The summed E-state index contributed by atoms with van der Waals surface area (Å²) >= 11 is 0. The zero-order chi connectivity index (χ0) is 11.5. The molecule has 5 heteroatoms. The van der Waals surface area contributed by atoms with E-state index in [2.05, 4.69) is 9.97 Å². The zero-order valence-electron chi connectivity index (χ0n) is 8.72. The molecule has 2 aromatic rings. The van der Waals surface area contributed by atoms with E-state index in [1.54, 1.807) is 6.07 Å². The monoisotopic (exact) mass is 215 g/mol. The molecule has 0 saturated carbocycles. The Morgan fingerprint density at radius 2 is 1.88 bits per heavy atom. The summed E-state index contributed by atoms with van der Waals surface area (Å²) in [5.41, 5.74) is 19.4. The third-order valence-electron chi connectivity index (χ3n) is 2.22. The Morgan fingerprint density at radius 3 is 2.56 bits per heavy atom. The van der Waals surface area contributed by atoms with Crippen molar-refractivity contribution in [2.75, 3.05) is 11.5 Å². The van der Waals surface area contributed by atoms with E-state index in [4.69, 9.17) is 17.2 Å². The van der Waals surface area contributed by atoms with E-state index in [1.807, 2.05) is 24.3 Å². The molecule has 0 saturated heterocycles. The van der Waals surface area contributed by atoms with Crippen LogP contribution in [0.15, 0.2) is 30.3 Å². The first kappa shape index (κ1) is 10.4. The zero-order valence-corrected chi connectivity index (χ0v) is 8.72. The number of nitrogens with two attached hydrogens (primary N) is 3. The molecule has 1 aromatic carbocycles. The van der Waals surface area contributed by atoms with Crippen molar-refractivity contribution in [2.45, 2.75) is 6.54 Å². The predicted molar refractivity (Wildman–Crippen MR) is 64.2 cm³/mol. The number of nitrogen functional groups attached to an aromatic ring is 2. The number of rotatable bonds is 2. The van der Waals surface area contributed by atoms with Gasteiger partial charge in [0.25, 0.3) is 0 Å². The van der Waals surface area contributed by atoms with E-state index in [-0.39, 0.29) is 5.95 Å². The van der Waals surface area contributed by atoms with Gasteiger partial charge in [-0.1, -0.05) is 18.2 Å². The summed E-state index contributed by atoms with van der Waals surface area (Å²) in [5, 5.41) is 0. The average Bonchev–Trinajstić information content (AvgIpc) is 2.28. The molecule has 1 heterocycles. The van der Waals surface area contributed by atoms with Crippen LogP contribution < -0.4 is 17.2 Å². The third-order valence-corrected chi connectivity index (χ3v) is 2.22. The Hall–Kier alpha value is -2.14. The third kappa shape index (κ3) is 2.09. The number of hydrogen-bond acceptors (Lipinski definition) is 5. The van der Waals surface area contributed by atoms with Gasteiger partial charge in [0.05, 0.1) is 5.69 Å². The Bertz CT molecular complexity index is 489. The standard InChI is InChI=1S/C11H13N5/c12-6-7-2-1-3-8(4-7)9-5-10(13)16-11(14)15-9/h1-5H,6,12H2,(H4,13,14,15,16). The van der Waals surface area contributed by atoms with Crippen LogP contribution in [-0.4, -0.2) is 9.97 Å². The van der Waals surface area contributed by atoms with Crippen LogP contribution in [0.25, 0.3) is 11.3 Å².